The maximum absolute atomic E-state index is 5.69. The van der Waals surface area contributed by atoms with Crippen LogP contribution in [0.4, 0.5) is 0 Å². The van der Waals surface area contributed by atoms with Crippen molar-refractivity contribution in [3.05, 3.63) is 29.8 Å². The molecular weight excluding hydrogens is 334 g/mol. The van der Waals surface area contributed by atoms with Gasteiger partial charge in [0.25, 0.3) is 0 Å². The largest absolute Gasteiger partial charge is 0.494 e. The molecule has 1 fully saturated rings. The Hall–Kier alpha value is -1.40. The molecule has 1 heterocycles. The number of nitrogens with zero attached hydrogens (tertiary/aromatic N) is 1. The third-order valence-electron chi connectivity index (χ3n) is 4.37. The standard InChI is InChI=1S/C19H31N3O2S/c1-4-24-17-9-7-6-8-16(17)14-21-18(20-3)22-15-19(25-5-2)10-12-23-13-11-19/h6-9H,4-5,10-15H2,1-3H3,(H2,20,21,22). The van der Waals surface area contributed by atoms with Crippen LogP contribution in [0.3, 0.4) is 0 Å². The quantitative estimate of drug-likeness (QED) is 0.548. The molecule has 5 nitrogen and oxygen atoms in total. The molecule has 0 aromatic heterocycles. The first kappa shape index (κ1) is 19.9. The molecule has 2 N–H and O–H groups in total. The van der Waals surface area contributed by atoms with Crippen LogP contribution in [0.5, 0.6) is 5.75 Å². The predicted molar refractivity (Wildman–Crippen MR) is 107 cm³/mol. The summed E-state index contributed by atoms with van der Waals surface area (Å²) < 4.78 is 11.5. The number of guanidine groups is 1. The average Bonchev–Trinajstić information content (AvgIpc) is 2.64. The molecule has 25 heavy (non-hydrogen) atoms. The molecule has 2 rings (SSSR count). The van der Waals surface area contributed by atoms with Gasteiger partial charge in [0.15, 0.2) is 5.96 Å². The van der Waals surface area contributed by atoms with Gasteiger partial charge in [-0.15, -0.1) is 0 Å². The Labute approximate surface area is 156 Å². The molecule has 1 aromatic rings. The van der Waals surface area contributed by atoms with Crippen molar-refractivity contribution >= 4 is 17.7 Å². The second kappa shape index (κ2) is 10.6. The fraction of sp³-hybridized carbons (Fsp3) is 0.632. The second-order valence-electron chi connectivity index (χ2n) is 6.05. The first-order valence-corrected chi connectivity index (χ1v) is 10.1. The molecule has 0 atom stereocenters. The summed E-state index contributed by atoms with van der Waals surface area (Å²) in [6.45, 7) is 8.19. The fourth-order valence-electron chi connectivity index (χ4n) is 3.01. The van der Waals surface area contributed by atoms with Crippen LogP contribution in [0.1, 0.15) is 32.3 Å². The number of thioether (sulfide) groups is 1. The number of rotatable bonds is 8. The SMILES string of the molecule is CCOc1ccccc1CNC(=NC)NCC1(SCC)CCOCC1. The number of hydrogen-bond acceptors (Lipinski definition) is 4. The van der Waals surface area contributed by atoms with Crippen LogP contribution in [-0.2, 0) is 11.3 Å². The van der Waals surface area contributed by atoms with Gasteiger partial charge >= 0.3 is 0 Å². The molecule has 0 bridgehead atoms. The summed E-state index contributed by atoms with van der Waals surface area (Å²) in [7, 11) is 1.81. The van der Waals surface area contributed by atoms with Crippen LogP contribution in [0.2, 0.25) is 0 Å². The molecule has 0 radical (unpaired) electrons. The van der Waals surface area contributed by atoms with Crippen molar-refractivity contribution in [1.29, 1.82) is 0 Å². The zero-order chi connectivity index (χ0) is 18.0. The van der Waals surface area contributed by atoms with E-state index in [9.17, 15) is 0 Å². The van der Waals surface area contributed by atoms with Crippen LogP contribution in [0.15, 0.2) is 29.3 Å². The Kier molecular flexibility index (Phi) is 8.41. The highest BCUT2D eigenvalue weighted by Crippen LogP contribution is 2.34. The minimum atomic E-state index is 0.244. The van der Waals surface area contributed by atoms with E-state index >= 15 is 0 Å². The van der Waals surface area contributed by atoms with Gasteiger partial charge in [0, 0.05) is 43.7 Å². The summed E-state index contributed by atoms with van der Waals surface area (Å²) in [5.41, 5.74) is 1.14. The lowest BCUT2D eigenvalue weighted by Gasteiger charge is -2.37. The van der Waals surface area contributed by atoms with E-state index in [1.165, 1.54) is 0 Å². The molecule has 140 valence electrons. The van der Waals surface area contributed by atoms with E-state index in [0.717, 1.165) is 55.6 Å². The van der Waals surface area contributed by atoms with E-state index in [2.05, 4.69) is 28.6 Å². The third-order valence-corrected chi connectivity index (χ3v) is 5.83. The molecule has 1 aliphatic heterocycles. The van der Waals surface area contributed by atoms with Crippen molar-refractivity contribution < 1.29 is 9.47 Å². The molecule has 1 aromatic carbocycles. The smallest absolute Gasteiger partial charge is 0.191 e. The third kappa shape index (κ3) is 6.12. The Bertz CT molecular complexity index is 540. The van der Waals surface area contributed by atoms with E-state index in [1.54, 1.807) is 0 Å². The zero-order valence-corrected chi connectivity index (χ0v) is 16.5. The number of para-hydroxylation sites is 1. The van der Waals surface area contributed by atoms with Crippen molar-refractivity contribution in [3.63, 3.8) is 0 Å². The normalized spacial score (nSPS) is 17.2. The van der Waals surface area contributed by atoms with Crippen LogP contribution < -0.4 is 15.4 Å². The summed E-state index contributed by atoms with van der Waals surface area (Å²) in [5, 5.41) is 6.91. The van der Waals surface area contributed by atoms with E-state index in [0.29, 0.717) is 13.2 Å². The maximum Gasteiger partial charge on any atom is 0.191 e. The van der Waals surface area contributed by atoms with Crippen LogP contribution in [-0.4, -0.2) is 49.9 Å². The predicted octanol–water partition coefficient (Wildman–Crippen LogP) is 3.05. The number of benzene rings is 1. The van der Waals surface area contributed by atoms with Crippen LogP contribution in [0, 0.1) is 0 Å². The molecule has 0 saturated carbocycles. The van der Waals surface area contributed by atoms with Gasteiger partial charge in [-0.3, -0.25) is 4.99 Å². The molecule has 0 aliphatic carbocycles. The molecule has 6 heteroatoms. The summed E-state index contributed by atoms with van der Waals surface area (Å²) >= 11 is 2.03. The minimum Gasteiger partial charge on any atom is -0.494 e. The molecule has 1 saturated heterocycles. The average molecular weight is 366 g/mol. The molecule has 0 unspecified atom stereocenters. The minimum absolute atomic E-state index is 0.244. The van der Waals surface area contributed by atoms with Gasteiger partial charge in [0.05, 0.1) is 6.61 Å². The van der Waals surface area contributed by atoms with Gasteiger partial charge in [0.1, 0.15) is 5.75 Å². The highest BCUT2D eigenvalue weighted by Gasteiger charge is 2.32. The van der Waals surface area contributed by atoms with Crippen molar-refractivity contribution in [1.82, 2.24) is 10.6 Å². The monoisotopic (exact) mass is 365 g/mol. The van der Waals surface area contributed by atoms with E-state index in [4.69, 9.17) is 9.47 Å². The van der Waals surface area contributed by atoms with Gasteiger partial charge in [0.2, 0.25) is 0 Å². The Morgan fingerprint density at radius 2 is 2.00 bits per heavy atom. The van der Waals surface area contributed by atoms with E-state index in [1.807, 2.05) is 43.9 Å². The molecular formula is C19H31N3O2S. The lowest BCUT2D eigenvalue weighted by Crippen LogP contribution is -2.48. The first-order chi connectivity index (χ1) is 12.2. The van der Waals surface area contributed by atoms with Crippen LogP contribution >= 0.6 is 11.8 Å². The van der Waals surface area contributed by atoms with Crippen molar-refractivity contribution in [3.8, 4) is 5.75 Å². The number of hydrogen-bond donors (Lipinski definition) is 2. The first-order valence-electron chi connectivity index (χ1n) is 9.10. The van der Waals surface area contributed by atoms with Gasteiger partial charge in [-0.1, -0.05) is 25.1 Å². The van der Waals surface area contributed by atoms with Gasteiger partial charge in [-0.05, 0) is 31.6 Å². The second-order valence-corrected chi connectivity index (χ2v) is 7.78. The molecule has 0 spiro atoms. The highest BCUT2D eigenvalue weighted by atomic mass is 32.2. The van der Waals surface area contributed by atoms with E-state index < -0.39 is 0 Å². The van der Waals surface area contributed by atoms with Gasteiger partial charge in [-0.2, -0.15) is 11.8 Å². The topological polar surface area (TPSA) is 54.9 Å². The Balaban J connectivity index is 1.90. The van der Waals surface area contributed by atoms with Crippen molar-refractivity contribution in [2.24, 2.45) is 4.99 Å². The number of ether oxygens (including phenoxy) is 2. The summed E-state index contributed by atoms with van der Waals surface area (Å²) in [6, 6.07) is 8.12. The fourth-order valence-corrected chi connectivity index (χ4v) is 4.25. The lowest BCUT2D eigenvalue weighted by molar-refractivity contribution is 0.0782. The summed E-state index contributed by atoms with van der Waals surface area (Å²) in [6.07, 6.45) is 2.17. The highest BCUT2D eigenvalue weighted by molar-refractivity contribution is 8.00. The lowest BCUT2D eigenvalue weighted by atomic mass is 9.99. The zero-order valence-electron chi connectivity index (χ0n) is 15.6. The maximum atomic E-state index is 5.69. The molecule has 0 amide bonds. The van der Waals surface area contributed by atoms with Crippen molar-refractivity contribution in [2.75, 3.05) is 39.2 Å². The van der Waals surface area contributed by atoms with Crippen LogP contribution in [0.25, 0.3) is 0 Å². The summed E-state index contributed by atoms with van der Waals surface area (Å²) in [4.78, 5) is 4.37. The van der Waals surface area contributed by atoms with Crippen molar-refractivity contribution in [2.45, 2.75) is 38.0 Å². The number of nitrogens with one attached hydrogen (secondary N) is 2. The summed E-state index contributed by atoms with van der Waals surface area (Å²) in [5.74, 6) is 2.87. The van der Waals surface area contributed by atoms with Gasteiger partial charge in [-0.25, -0.2) is 0 Å². The Morgan fingerprint density at radius 3 is 2.68 bits per heavy atom. The van der Waals surface area contributed by atoms with Gasteiger partial charge < -0.3 is 20.1 Å². The number of aliphatic imine (C=N–C) groups is 1. The molecule has 1 aliphatic rings. The van der Waals surface area contributed by atoms with E-state index in [-0.39, 0.29) is 4.75 Å². The Morgan fingerprint density at radius 1 is 1.24 bits per heavy atom.